The highest BCUT2D eigenvalue weighted by Crippen LogP contribution is 2.50. The predicted octanol–water partition coefficient (Wildman–Crippen LogP) is 2.68. The largest absolute Gasteiger partial charge is 0.376 e. The number of aliphatic imine (C=N–C) groups is 1. The first-order valence-electron chi connectivity index (χ1n) is 10.8. The lowest BCUT2D eigenvalue weighted by Crippen LogP contribution is -2.56. The van der Waals surface area contributed by atoms with Gasteiger partial charge in [-0.05, 0) is 55.8 Å². The number of hydrogen-bond donors (Lipinski definition) is 1. The second-order valence-electron chi connectivity index (χ2n) is 9.28. The number of rotatable bonds is 4. The van der Waals surface area contributed by atoms with E-state index < -0.39 is 9.84 Å². The molecule has 0 aromatic rings. The molecule has 6 nitrogen and oxygen atoms in total. The third-order valence-corrected chi connectivity index (χ3v) is 9.21. The highest BCUT2D eigenvalue weighted by Gasteiger charge is 2.46. The molecular formula is C20H36IN3O3S. The van der Waals surface area contributed by atoms with Crippen LogP contribution < -0.4 is 5.32 Å². The van der Waals surface area contributed by atoms with Crippen molar-refractivity contribution in [3.05, 3.63) is 0 Å². The smallest absolute Gasteiger partial charge is 0.194 e. The summed E-state index contributed by atoms with van der Waals surface area (Å²) in [5, 5.41) is 3.58. The van der Waals surface area contributed by atoms with Gasteiger partial charge in [-0.3, -0.25) is 4.99 Å². The van der Waals surface area contributed by atoms with Crippen LogP contribution >= 0.6 is 24.0 Å². The van der Waals surface area contributed by atoms with Gasteiger partial charge in [0.1, 0.15) is 0 Å². The van der Waals surface area contributed by atoms with Crippen LogP contribution in [0.3, 0.4) is 0 Å². The molecule has 8 heteroatoms. The molecule has 3 heterocycles. The van der Waals surface area contributed by atoms with Crippen molar-refractivity contribution in [3.8, 4) is 0 Å². The van der Waals surface area contributed by atoms with E-state index in [1.54, 1.807) is 0 Å². The first kappa shape index (κ1) is 22.6. The molecule has 3 saturated heterocycles. The summed E-state index contributed by atoms with van der Waals surface area (Å²) in [6.07, 6.45) is 8.54. The molecule has 4 rings (SSSR count). The number of nitrogens with one attached hydrogen (secondary N) is 1. The first-order valence-corrected chi connectivity index (χ1v) is 12.6. The van der Waals surface area contributed by atoms with Gasteiger partial charge in [-0.1, -0.05) is 13.3 Å². The average molecular weight is 525 g/mol. The number of halogens is 1. The van der Waals surface area contributed by atoms with Crippen molar-refractivity contribution in [2.24, 2.45) is 22.2 Å². The summed E-state index contributed by atoms with van der Waals surface area (Å²) in [5.41, 5.74) is 0.473. The maximum Gasteiger partial charge on any atom is 0.194 e. The summed E-state index contributed by atoms with van der Waals surface area (Å²) in [6, 6.07) is 0. The molecule has 4 aliphatic rings. The van der Waals surface area contributed by atoms with E-state index in [0.717, 1.165) is 57.4 Å². The van der Waals surface area contributed by atoms with Gasteiger partial charge in [0.05, 0.1) is 17.6 Å². The van der Waals surface area contributed by atoms with Gasteiger partial charge < -0.3 is 15.0 Å². The Bertz CT molecular complexity index is 660. The van der Waals surface area contributed by atoms with Gasteiger partial charge in [0.2, 0.25) is 0 Å². The zero-order valence-electron chi connectivity index (χ0n) is 17.1. The molecular weight excluding hydrogens is 489 g/mol. The molecule has 0 aromatic heterocycles. The summed E-state index contributed by atoms with van der Waals surface area (Å²) in [4.78, 5) is 7.36. The molecule has 0 amide bonds. The van der Waals surface area contributed by atoms with Gasteiger partial charge in [-0.15, -0.1) is 24.0 Å². The van der Waals surface area contributed by atoms with Crippen LogP contribution in [0.5, 0.6) is 0 Å². The molecule has 0 aromatic carbocycles. The van der Waals surface area contributed by atoms with Gasteiger partial charge in [-0.25, -0.2) is 8.42 Å². The zero-order valence-corrected chi connectivity index (χ0v) is 20.2. The van der Waals surface area contributed by atoms with Crippen LogP contribution in [-0.2, 0) is 14.6 Å². The van der Waals surface area contributed by atoms with Gasteiger partial charge in [0.15, 0.2) is 15.8 Å². The maximum absolute atomic E-state index is 11.8. The minimum atomic E-state index is -2.84. The number of hydrogen-bond acceptors (Lipinski definition) is 4. The fourth-order valence-corrected chi connectivity index (χ4v) is 7.09. The zero-order chi connectivity index (χ0) is 18.9. The number of sulfone groups is 1. The van der Waals surface area contributed by atoms with E-state index in [2.05, 4.69) is 17.1 Å². The summed E-state index contributed by atoms with van der Waals surface area (Å²) in [5.74, 6) is 2.58. The highest BCUT2D eigenvalue weighted by molar-refractivity contribution is 14.0. The van der Waals surface area contributed by atoms with Gasteiger partial charge in [0.25, 0.3) is 0 Å². The quantitative estimate of drug-likeness (QED) is 0.347. The Morgan fingerprint density at radius 3 is 2.68 bits per heavy atom. The Labute approximate surface area is 187 Å². The van der Waals surface area contributed by atoms with E-state index in [4.69, 9.17) is 9.73 Å². The van der Waals surface area contributed by atoms with Crippen molar-refractivity contribution in [2.45, 2.75) is 58.0 Å². The average Bonchev–Trinajstić information content (AvgIpc) is 3.23. The van der Waals surface area contributed by atoms with E-state index in [9.17, 15) is 8.42 Å². The number of nitrogens with zero attached hydrogens (tertiary/aromatic N) is 2. The molecule has 3 atom stereocenters. The van der Waals surface area contributed by atoms with Crippen LogP contribution in [0.4, 0.5) is 0 Å². The fraction of sp³-hybridized carbons (Fsp3) is 0.950. The number of likely N-dealkylation sites (tertiary alicyclic amines) is 1. The molecule has 0 bridgehead atoms. The van der Waals surface area contributed by atoms with Gasteiger partial charge >= 0.3 is 0 Å². The third-order valence-electron chi connectivity index (χ3n) is 7.37. The maximum atomic E-state index is 11.8. The fourth-order valence-electron chi connectivity index (χ4n) is 5.24. The molecule has 1 saturated carbocycles. The molecule has 0 radical (unpaired) electrons. The van der Waals surface area contributed by atoms with Crippen molar-refractivity contribution in [3.63, 3.8) is 0 Å². The Hall–Kier alpha value is -0.0900. The summed E-state index contributed by atoms with van der Waals surface area (Å²) >= 11 is 0. The van der Waals surface area contributed by atoms with Crippen LogP contribution in [0.1, 0.15) is 51.9 Å². The first-order chi connectivity index (χ1) is 13.0. The lowest BCUT2D eigenvalue weighted by atomic mass is 9.59. The number of guanidine groups is 1. The van der Waals surface area contributed by atoms with Crippen molar-refractivity contribution in [1.82, 2.24) is 10.2 Å². The van der Waals surface area contributed by atoms with Crippen LogP contribution in [0.15, 0.2) is 4.99 Å². The van der Waals surface area contributed by atoms with E-state index in [1.165, 1.54) is 25.7 Å². The van der Waals surface area contributed by atoms with Crippen molar-refractivity contribution in [1.29, 1.82) is 0 Å². The molecule has 1 aliphatic carbocycles. The van der Waals surface area contributed by atoms with Gasteiger partial charge in [0, 0.05) is 32.8 Å². The monoisotopic (exact) mass is 525 g/mol. The minimum absolute atomic E-state index is 0. The van der Waals surface area contributed by atoms with Gasteiger partial charge in [-0.2, -0.15) is 0 Å². The Balaban J connectivity index is 0.00000225. The molecule has 3 unspecified atom stereocenters. The second kappa shape index (κ2) is 9.37. The predicted molar refractivity (Wildman–Crippen MR) is 123 cm³/mol. The van der Waals surface area contributed by atoms with Crippen LogP contribution in [0.2, 0.25) is 0 Å². The van der Waals surface area contributed by atoms with Crippen LogP contribution in [0.25, 0.3) is 0 Å². The second-order valence-corrected chi connectivity index (χ2v) is 11.5. The van der Waals surface area contributed by atoms with Crippen LogP contribution in [0, 0.1) is 17.3 Å². The van der Waals surface area contributed by atoms with E-state index in [-0.39, 0.29) is 36.0 Å². The lowest BCUT2D eigenvalue weighted by Gasteiger charge is -2.53. The van der Waals surface area contributed by atoms with E-state index >= 15 is 0 Å². The minimum Gasteiger partial charge on any atom is -0.376 e. The Morgan fingerprint density at radius 1 is 1.25 bits per heavy atom. The van der Waals surface area contributed by atoms with E-state index in [0.29, 0.717) is 23.5 Å². The number of ether oxygens (including phenoxy) is 1. The summed E-state index contributed by atoms with van der Waals surface area (Å²) in [6.45, 7) is 6.84. The molecule has 4 fully saturated rings. The van der Waals surface area contributed by atoms with Crippen LogP contribution in [-0.4, -0.2) is 69.7 Å². The Morgan fingerprint density at radius 2 is 2.07 bits per heavy atom. The van der Waals surface area contributed by atoms with Crippen molar-refractivity contribution in [2.75, 3.05) is 44.3 Å². The summed E-state index contributed by atoms with van der Waals surface area (Å²) < 4.78 is 29.3. The lowest BCUT2D eigenvalue weighted by molar-refractivity contribution is -0.00540. The third kappa shape index (κ3) is 5.14. The van der Waals surface area contributed by atoms with Crippen molar-refractivity contribution >= 4 is 39.8 Å². The number of piperidine rings is 1. The standard InChI is InChI=1S/C20H35N3O3S.HI/c1-16-5-9-23(15-20(16)7-3-8-20)19(22-13-18-4-2-10-26-18)21-12-17-6-11-27(24,25)14-17;/h16-18H,2-15H2,1H3,(H,21,22);1H. The molecule has 3 aliphatic heterocycles. The topological polar surface area (TPSA) is 71.0 Å². The SMILES string of the molecule is CC1CCN(C(=NCC2CCS(=O)(=O)C2)NCC2CCCO2)CC12CCC2.I. The van der Waals surface area contributed by atoms with E-state index in [1.807, 2.05) is 0 Å². The molecule has 1 N–H and O–H groups in total. The molecule has 1 spiro atoms. The summed E-state index contributed by atoms with van der Waals surface area (Å²) in [7, 11) is -2.84. The normalized spacial score (nSPS) is 34.1. The Kier molecular flexibility index (Phi) is 7.56. The molecule has 28 heavy (non-hydrogen) atoms. The highest BCUT2D eigenvalue weighted by atomic mass is 127. The van der Waals surface area contributed by atoms with Crippen molar-refractivity contribution < 1.29 is 13.2 Å². The molecule has 162 valence electrons.